The van der Waals surface area contributed by atoms with Gasteiger partial charge in [-0.1, -0.05) is 0 Å². The average Bonchev–Trinajstić information content (AvgIpc) is 3.48. The van der Waals surface area contributed by atoms with Crippen molar-refractivity contribution in [1.82, 2.24) is 25.3 Å². The number of hydrogen-bond acceptors (Lipinski definition) is 5. The van der Waals surface area contributed by atoms with Gasteiger partial charge in [0.05, 0.1) is 0 Å². The quantitative estimate of drug-likeness (QED) is 0.893. The Morgan fingerprint density at radius 3 is 2.42 bits per heavy atom. The second-order valence-corrected chi connectivity index (χ2v) is 7.05. The standard InChI is InChI=1S/C17H26N6O/c24-17(19-14-5-8-21(9-6-14)15-3-4-15)23-12-10-22(11-13-23)16-2-1-7-18-20-16/h1-2,7,14-15H,3-6,8-13H2,(H,19,24). The van der Waals surface area contributed by atoms with Crippen LogP contribution in [0, 0.1) is 0 Å². The van der Waals surface area contributed by atoms with Crippen LogP contribution in [0.2, 0.25) is 0 Å². The number of nitrogens with zero attached hydrogens (tertiary/aromatic N) is 5. The molecule has 130 valence electrons. The molecule has 1 aromatic heterocycles. The van der Waals surface area contributed by atoms with Crippen LogP contribution in [0.25, 0.3) is 0 Å². The molecule has 24 heavy (non-hydrogen) atoms. The highest BCUT2D eigenvalue weighted by atomic mass is 16.2. The van der Waals surface area contributed by atoms with Crippen LogP contribution in [0.3, 0.4) is 0 Å². The maximum absolute atomic E-state index is 12.5. The number of piperidine rings is 1. The molecule has 1 N–H and O–H groups in total. The van der Waals surface area contributed by atoms with E-state index >= 15 is 0 Å². The summed E-state index contributed by atoms with van der Waals surface area (Å²) in [4.78, 5) is 19.2. The lowest BCUT2D eigenvalue weighted by Gasteiger charge is -2.37. The van der Waals surface area contributed by atoms with Crippen molar-refractivity contribution >= 4 is 11.8 Å². The van der Waals surface area contributed by atoms with Crippen molar-refractivity contribution in [3.05, 3.63) is 18.3 Å². The first-order chi connectivity index (χ1) is 11.8. The van der Waals surface area contributed by atoms with E-state index in [-0.39, 0.29) is 6.03 Å². The molecule has 1 aromatic rings. The molecule has 0 unspecified atom stereocenters. The number of likely N-dealkylation sites (tertiary alicyclic amines) is 1. The van der Waals surface area contributed by atoms with Crippen LogP contribution in [-0.2, 0) is 0 Å². The third-order valence-electron chi connectivity index (χ3n) is 5.37. The van der Waals surface area contributed by atoms with E-state index in [1.54, 1.807) is 6.20 Å². The SMILES string of the molecule is O=C(NC1CCN(C2CC2)CC1)N1CCN(c2cccnn2)CC1. The molecule has 1 saturated carbocycles. The van der Waals surface area contributed by atoms with Crippen molar-refractivity contribution in [3.8, 4) is 0 Å². The molecule has 2 aliphatic heterocycles. The number of carbonyl (C=O) groups is 1. The number of piperazine rings is 1. The predicted molar refractivity (Wildman–Crippen MR) is 92.0 cm³/mol. The van der Waals surface area contributed by atoms with Crippen LogP contribution >= 0.6 is 0 Å². The predicted octanol–water partition coefficient (Wildman–Crippen LogP) is 0.935. The van der Waals surface area contributed by atoms with Crippen LogP contribution in [-0.4, -0.2) is 77.4 Å². The number of anilines is 1. The minimum atomic E-state index is 0.0960. The molecule has 3 aliphatic rings. The van der Waals surface area contributed by atoms with E-state index in [1.165, 1.54) is 12.8 Å². The van der Waals surface area contributed by atoms with E-state index in [0.717, 1.165) is 64.0 Å². The van der Waals surface area contributed by atoms with E-state index in [0.29, 0.717) is 6.04 Å². The number of nitrogens with one attached hydrogen (secondary N) is 1. The van der Waals surface area contributed by atoms with Gasteiger partial charge in [-0.05, 0) is 37.8 Å². The highest BCUT2D eigenvalue weighted by Gasteiger charge is 2.32. The van der Waals surface area contributed by atoms with Crippen LogP contribution in [0.4, 0.5) is 10.6 Å². The van der Waals surface area contributed by atoms with Gasteiger partial charge in [-0.3, -0.25) is 0 Å². The Morgan fingerprint density at radius 2 is 1.79 bits per heavy atom. The first-order valence-corrected chi connectivity index (χ1v) is 9.12. The highest BCUT2D eigenvalue weighted by molar-refractivity contribution is 5.74. The van der Waals surface area contributed by atoms with E-state index < -0.39 is 0 Å². The third-order valence-corrected chi connectivity index (χ3v) is 5.37. The molecule has 2 amide bonds. The Kier molecular flexibility index (Phi) is 4.51. The van der Waals surface area contributed by atoms with Gasteiger partial charge in [-0.15, -0.1) is 5.10 Å². The molecule has 0 spiro atoms. The van der Waals surface area contributed by atoms with E-state index in [9.17, 15) is 4.79 Å². The first kappa shape index (κ1) is 15.6. The maximum Gasteiger partial charge on any atom is 0.317 e. The Balaban J connectivity index is 1.22. The van der Waals surface area contributed by atoms with Crippen molar-refractivity contribution in [2.75, 3.05) is 44.2 Å². The summed E-state index contributed by atoms with van der Waals surface area (Å²) in [5, 5.41) is 11.3. The summed E-state index contributed by atoms with van der Waals surface area (Å²) in [6, 6.07) is 5.14. The lowest BCUT2D eigenvalue weighted by molar-refractivity contribution is 0.166. The normalized spacial score (nSPS) is 23.3. The molecule has 0 radical (unpaired) electrons. The van der Waals surface area contributed by atoms with Gasteiger partial charge in [0, 0.05) is 57.5 Å². The lowest BCUT2D eigenvalue weighted by atomic mass is 10.1. The number of urea groups is 1. The summed E-state index contributed by atoms with van der Waals surface area (Å²) < 4.78 is 0. The van der Waals surface area contributed by atoms with Crippen LogP contribution in [0.15, 0.2) is 18.3 Å². The molecule has 0 aromatic carbocycles. The molecule has 0 atom stereocenters. The van der Waals surface area contributed by atoms with E-state index in [4.69, 9.17) is 0 Å². The molecule has 3 heterocycles. The average molecular weight is 330 g/mol. The van der Waals surface area contributed by atoms with Crippen LogP contribution in [0.1, 0.15) is 25.7 Å². The second kappa shape index (κ2) is 6.93. The summed E-state index contributed by atoms with van der Waals surface area (Å²) in [7, 11) is 0. The summed E-state index contributed by atoms with van der Waals surface area (Å²) in [5.41, 5.74) is 0. The van der Waals surface area contributed by atoms with Crippen molar-refractivity contribution in [1.29, 1.82) is 0 Å². The lowest BCUT2D eigenvalue weighted by Crippen LogP contribution is -2.55. The Morgan fingerprint density at radius 1 is 1.04 bits per heavy atom. The largest absolute Gasteiger partial charge is 0.352 e. The molecule has 4 rings (SSSR count). The van der Waals surface area contributed by atoms with E-state index in [1.807, 2.05) is 17.0 Å². The summed E-state index contributed by atoms with van der Waals surface area (Å²) in [6.45, 7) is 5.37. The van der Waals surface area contributed by atoms with Gasteiger partial charge < -0.3 is 20.0 Å². The molecule has 3 fully saturated rings. The summed E-state index contributed by atoms with van der Waals surface area (Å²) in [5.74, 6) is 0.894. The Hall–Kier alpha value is -1.89. The molecule has 7 nitrogen and oxygen atoms in total. The zero-order valence-corrected chi connectivity index (χ0v) is 14.1. The fraction of sp³-hybridized carbons (Fsp3) is 0.706. The summed E-state index contributed by atoms with van der Waals surface area (Å²) in [6.07, 6.45) is 6.59. The molecular weight excluding hydrogens is 304 g/mol. The summed E-state index contributed by atoms with van der Waals surface area (Å²) >= 11 is 0. The van der Waals surface area contributed by atoms with Gasteiger partial charge in [0.25, 0.3) is 0 Å². The minimum Gasteiger partial charge on any atom is -0.352 e. The smallest absolute Gasteiger partial charge is 0.317 e. The van der Waals surface area contributed by atoms with Crippen molar-refractivity contribution in [2.24, 2.45) is 0 Å². The van der Waals surface area contributed by atoms with Crippen LogP contribution in [0.5, 0.6) is 0 Å². The van der Waals surface area contributed by atoms with Crippen molar-refractivity contribution in [2.45, 2.75) is 37.8 Å². The number of rotatable bonds is 3. The fourth-order valence-corrected chi connectivity index (χ4v) is 3.72. The van der Waals surface area contributed by atoms with Gasteiger partial charge >= 0.3 is 6.03 Å². The molecule has 1 aliphatic carbocycles. The minimum absolute atomic E-state index is 0.0960. The van der Waals surface area contributed by atoms with Crippen molar-refractivity contribution in [3.63, 3.8) is 0 Å². The zero-order valence-electron chi connectivity index (χ0n) is 14.1. The van der Waals surface area contributed by atoms with Crippen molar-refractivity contribution < 1.29 is 4.79 Å². The monoisotopic (exact) mass is 330 g/mol. The number of amides is 2. The second-order valence-electron chi connectivity index (χ2n) is 7.05. The molecule has 7 heteroatoms. The van der Waals surface area contributed by atoms with Gasteiger partial charge in [0.2, 0.25) is 0 Å². The zero-order chi connectivity index (χ0) is 16.4. The fourth-order valence-electron chi connectivity index (χ4n) is 3.72. The third kappa shape index (κ3) is 3.61. The van der Waals surface area contributed by atoms with Crippen LogP contribution < -0.4 is 10.2 Å². The van der Waals surface area contributed by atoms with Gasteiger partial charge in [0.15, 0.2) is 5.82 Å². The first-order valence-electron chi connectivity index (χ1n) is 9.12. The number of aromatic nitrogens is 2. The van der Waals surface area contributed by atoms with E-state index in [2.05, 4.69) is 25.3 Å². The highest BCUT2D eigenvalue weighted by Crippen LogP contribution is 2.29. The number of hydrogen-bond donors (Lipinski definition) is 1. The van der Waals surface area contributed by atoms with Gasteiger partial charge in [-0.2, -0.15) is 5.10 Å². The molecule has 0 bridgehead atoms. The van der Waals surface area contributed by atoms with Gasteiger partial charge in [-0.25, -0.2) is 4.79 Å². The Labute approximate surface area is 143 Å². The topological polar surface area (TPSA) is 64.6 Å². The molecular formula is C17H26N6O. The number of carbonyl (C=O) groups excluding carboxylic acids is 1. The molecule has 2 saturated heterocycles. The maximum atomic E-state index is 12.5. The van der Waals surface area contributed by atoms with Gasteiger partial charge in [0.1, 0.15) is 0 Å². The Bertz CT molecular complexity index is 547.